The molecule has 1 aromatic carbocycles. The van der Waals surface area contributed by atoms with Crippen LogP contribution < -0.4 is 5.32 Å². The summed E-state index contributed by atoms with van der Waals surface area (Å²) in [5.74, 6) is -0.562. The van der Waals surface area contributed by atoms with Crippen molar-refractivity contribution < 1.29 is 9.59 Å². The van der Waals surface area contributed by atoms with Crippen molar-refractivity contribution in [1.29, 1.82) is 0 Å². The molecule has 6 nitrogen and oxygen atoms in total. The largest absolute Gasteiger partial charge is 0.333 e. The van der Waals surface area contributed by atoms with Gasteiger partial charge in [-0.2, -0.15) is 0 Å². The number of hydrogen-bond donors (Lipinski definition) is 1. The van der Waals surface area contributed by atoms with Gasteiger partial charge in [0.1, 0.15) is 5.65 Å². The van der Waals surface area contributed by atoms with Gasteiger partial charge in [0.2, 0.25) is 11.8 Å². The van der Waals surface area contributed by atoms with Crippen LogP contribution in [0.2, 0.25) is 5.15 Å². The van der Waals surface area contributed by atoms with E-state index in [1.54, 1.807) is 17.5 Å². The number of halogens is 1. The van der Waals surface area contributed by atoms with Crippen LogP contribution in [0.5, 0.6) is 0 Å². The zero-order valence-corrected chi connectivity index (χ0v) is 16.7. The predicted molar refractivity (Wildman–Crippen MR) is 111 cm³/mol. The molecule has 0 radical (unpaired) electrons. The fourth-order valence-electron chi connectivity index (χ4n) is 2.90. The molecule has 2 heterocycles. The second kappa shape index (κ2) is 8.27. The van der Waals surface area contributed by atoms with E-state index < -0.39 is 0 Å². The molecule has 0 saturated carbocycles. The minimum absolute atomic E-state index is 0.0577. The van der Waals surface area contributed by atoms with E-state index in [0.717, 1.165) is 16.8 Å². The molecule has 3 rings (SSSR count). The number of amides is 2. The molecule has 0 aliphatic rings. The minimum atomic E-state index is -0.307. The third-order valence-electron chi connectivity index (χ3n) is 4.41. The number of likely N-dealkylation sites (N-methyl/N-ethyl adjacent to an activating group) is 1. The Labute approximate surface area is 168 Å². The maximum Gasteiger partial charge on any atom is 0.246 e. The Morgan fingerprint density at radius 2 is 1.89 bits per heavy atom. The van der Waals surface area contributed by atoms with Gasteiger partial charge < -0.3 is 10.2 Å². The molecule has 0 bridgehead atoms. The highest BCUT2D eigenvalue weighted by molar-refractivity contribution is 6.31. The molecule has 144 valence electrons. The summed E-state index contributed by atoms with van der Waals surface area (Å²) in [6, 6.07) is 11.3. The number of carbonyl (C=O) groups excluding carboxylic acids is 2. The number of nitrogens with zero attached hydrogens (tertiary/aromatic N) is 3. The molecule has 1 N–H and O–H groups in total. The van der Waals surface area contributed by atoms with Crippen LogP contribution >= 0.6 is 11.6 Å². The first-order chi connectivity index (χ1) is 13.4. The van der Waals surface area contributed by atoms with Crippen molar-refractivity contribution in [2.45, 2.75) is 13.8 Å². The van der Waals surface area contributed by atoms with Gasteiger partial charge in [-0.05, 0) is 43.2 Å². The minimum Gasteiger partial charge on any atom is -0.333 e. The topological polar surface area (TPSA) is 66.7 Å². The molecule has 0 unspecified atom stereocenters. The zero-order chi connectivity index (χ0) is 20.3. The molecule has 0 atom stereocenters. The fraction of sp³-hybridized carbons (Fsp3) is 0.190. The Hall–Kier alpha value is -3.12. The van der Waals surface area contributed by atoms with Crippen LogP contribution in [-0.2, 0) is 9.59 Å². The molecule has 0 aliphatic heterocycles. The summed E-state index contributed by atoms with van der Waals surface area (Å²) in [6.45, 7) is 3.80. The molecule has 2 amide bonds. The van der Waals surface area contributed by atoms with E-state index in [9.17, 15) is 9.59 Å². The number of rotatable bonds is 5. The number of benzene rings is 1. The lowest BCUT2D eigenvalue weighted by atomic mass is 10.1. The highest BCUT2D eigenvalue weighted by Crippen LogP contribution is 2.20. The average Bonchev–Trinajstić information content (AvgIpc) is 2.98. The molecule has 0 spiro atoms. The van der Waals surface area contributed by atoms with Crippen LogP contribution in [0, 0.1) is 13.8 Å². The smallest absolute Gasteiger partial charge is 0.246 e. The normalized spacial score (nSPS) is 11.1. The summed E-state index contributed by atoms with van der Waals surface area (Å²) in [4.78, 5) is 30.3. The van der Waals surface area contributed by atoms with Gasteiger partial charge in [-0.25, -0.2) is 4.98 Å². The molecule has 28 heavy (non-hydrogen) atoms. The van der Waals surface area contributed by atoms with E-state index >= 15 is 0 Å². The third kappa shape index (κ3) is 4.23. The van der Waals surface area contributed by atoms with Crippen LogP contribution in [0.15, 0.2) is 48.7 Å². The van der Waals surface area contributed by atoms with Gasteiger partial charge in [-0.15, -0.1) is 0 Å². The van der Waals surface area contributed by atoms with Gasteiger partial charge in [0.25, 0.3) is 0 Å². The van der Waals surface area contributed by atoms with E-state index in [-0.39, 0.29) is 18.4 Å². The lowest BCUT2D eigenvalue weighted by Gasteiger charge is -2.16. The van der Waals surface area contributed by atoms with Crippen LogP contribution in [0.4, 0.5) is 5.69 Å². The third-order valence-corrected chi connectivity index (χ3v) is 4.69. The van der Waals surface area contributed by atoms with Crippen molar-refractivity contribution in [2.75, 3.05) is 18.9 Å². The Kier molecular flexibility index (Phi) is 5.80. The molecular formula is C21H21ClN4O2. The number of hydrogen-bond acceptors (Lipinski definition) is 3. The average molecular weight is 397 g/mol. The highest BCUT2D eigenvalue weighted by atomic mass is 35.5. The second-order valence-electron chi connectivity index (χ2n) is 6.56. The summed E-state index contributed by atoms with van der Waals surface area (Å²) in [5, 5.41) is 3.19. The van der Waals surface area contributed by atoms with Crippen LogP contribution in [0.3, 0.4) is 0 Å². The quantitative estimate of drug-likeness (QED) is 0.668. The van der Waals surface area contributed by atoms with Gasteiger partial charge in [-0.1, -0.05) is 35.9 Å². The van der Waals surface area contributed by atoms with E-state index in [1.807, 2.05) is 56.4 Å². The molecule has 2 aromatic heterocycles. The number of fused-ring (bicyclic) bond motifs is 1. The Morgan fingerprint density at radius 1 is 1.18 bits per heavy atom. The van der Waals surface area contributed by atoms with Gasteiger partial charge in [-0.3, -0.25) is 14.0 Å². The monoisotopic (exact) mass is 396 g/mol. The van der Waals surface area contributed by atoms with Gasteiger partial charge in [0, 0.05) is 25.0 Å². The summed E-state index contributed by atoms with van der Waals surface area (Å²) in [6.07, 6.45) is 4.80. The first-order valence-electron chi connectivity index (χ1n) is 8.78. The van der Waals surface area contributed by atoms with E-state index in [1.165, 1.54) is 11.0 Å². The van der Waals surface area contributed by atoms with Crippen LogP contribution in [-0.4, -0.2) is 39.7 Å². The number of para-hydroxylation sites is 1. The first kappa shape index (κ1) is 19.6. The second-order valence-corrected chi connectivity index (χ2v) is 6.92. The predicted octanol–water partition coefficient (Wildman–Crippen LogP) is 3.71. The SMILES string of the molecule is Cc1cccc(C)c1NC(=O)CN(C)C(=O)C=Cc1c(Cl)nc2ccccn12. The molecule has 3 aromatic rings. The number of anilines is 1. The number of carbonyl (C=O) groups is 2. The summed E-state index contributed by atoms with van der Waals surface area (Å²) in [7, 11) is 1.58. The summed E-state index contributed by atoms with van der Waals surface area (Å²) in [5.41, 5.74) is 4.04. The van der Waals surface area contributed by atoms with Crippen molar-refractivity contribution in [2.24, 2.45) is 0 Å². The maximum atomic E-state index is 12.4. The molecular weight excluding hydrogens is 376 g/mol. The molecule has 7 heteroatoms. The van der Waals surface area contributed by atoms with Crippen molar-refractivity contribution in [3.05, 3.63) is 70.6 Å². The van der Waals surface area contributed by atoms with Crippen molar-refractivity contribution in [3.63, 3.8) is 0 Å². The van der Waals surface area contributed by atoms with Crippen molar-refractivity contribution in [1.82, 2.24) is 14.3 Å². The summed E-state index contributed by atoms with van der Waals surface area (Å²) < 4.78 is 1.79. The first-order valence-corrected chi connectivity index (χ1v) is 9.16. The lowest BCUT2D eigenvalue weighted by Crippen LogP contribution is -2.34. The Balaban J connectivity index is 1.66. The van der Waals surface area contributed by atoms with Crippen LogP contribution in [0.1, 0.15) is 16.8 Å². The standard InChI is InChI=1S/C21H21ClN4O2/c1-14-7-6-8-15(2)20(14)24-18(27)13-25(3)19(28)11-10-16-21(22)23-17-9-4-5-12-26(16)17/h4-12H,13H2,1-3H3,(H,24,27). The number of aromatic nitrogens is 2. The number of pyridine rings is 1. The highest BCUT2D eigenvalue weighted by Gasteiger charge is 2.13. The number of imidazole rings is 1. The van der Waals surface area contributed by atoms with Gasteiger partial charge in [0.05, 0.1) is 12.2 Å². The van der Waals surface area contributed by atoms with E-state index in [4.69, 9.17) is 11.6 Å². The van der Waals surface area contributed by atoms with Crippen LogP contribution in [0.25, 0.3) is 11.7 Å². The number of aryl methyl sites for hydroxylation is 2. The molecule has 0 fully saturated rings. The van der Waals surface area contributed by atoms with Gasteiger partial charge in [0.15, 0.2) is 5.15 Å². The molecule has 0 saturated heterocycles. The Bertz CT molecular complexity index is 1050. The zero-order valence-electron chi connectivity index (χ0n) is 15.9. The van der Waals surface area contributed by atoms with Crippen molar-refractivity contribution in [3.8, 4) is 0 Å². The number of nitrogens with one attached hydrogen (secondary N) is 1. The maximum absolute atomic E-state index is 12.4. The molecule has 0 aliphatic carbocycles. The fourth-order valence-corrected chi connectivity index (χ4v) is 3.14. The summed E-state index contributed by atoms with van der Waals surface area (Å²) >= 11 is 6.16. The van der Waals surface area contributed by atoms with E-state index in [0.29, 0.717) is 16.5 Å². The lowest BCUT2D eigenvalue weighted by molar-refractivity contribution is -0.129. The Morgan fingerprint density at radius 3 is 2.61 bits per heavy atom. The van der Waals surface area contributed by atoms with E-state index in [2.05, 4.69) is 10.3 Å². The van der Waals surface area contributed by atoms with Crippen molar-refractivity contribution >= 4 is 40.8 Å². The van der Waals surface area contributed by atoms with Gasteiger partial charge >= 0.3 is 0 Å².